The first-order chi connectivity index (χ1) is 7.75. The van der Waals surface area contributed by atoms with Crippen molar-refractivity contribution >= 4 is 16.9 Å². The minimum atomic E-state index is 0.541. The second-order valence-corrected chi connectivity index (χ2v) is 3.74. The Hall–Kier alpha value is -2.30. The number of hydrogen-bond donors (Lipinski definition) is 3. The van der Waals surface area contributed by atoms with Gasteiger partial charge >= 0.3 is 0 Å². The standard InChI is InChI=1S/C11H11N5/c1-6-10(15-16-11(6)12)7-2-3-8-9(4-7)14-5-13-8/h2-5H,1H3,(H,13,14)(H3,12,15,16). The minimum absolute atomic E-state index is 0.541. The van der Waals surface area contributed by atoms with Gasteiger partial charge in [0.25, 0.3) is 0 Å². The highest BCUT2D eigenvalue weighted by atomic mass is 15.2. The smallest absolute Gasteiger partial charge is 0.148 e. The molecule has 0 aliphatic heterocycles. The summed E-state index contributed by atoms with van der Waals surface area (Å²) in [5, 5.41) is 6.92. The van der Waals surface area contributed by atoms with Crippen LogP contribution in [0.5, 0.6) is 0 Å². The number of nitrogen functional groups attached to an aromatic ring is 1. The van der Waals surface area contributed by atoms with Crippen LogP contribution in [-0.4, -0.2) is 20.2 Å². The van der Waals surface area contributed by atoms with Gasteiger partial charge in [0.1, 0.15) is 5.82 Å². The summed E-state index contributed by atoms with van der Waals surface area (Å²) >= 11 is 0. The summed E-state index contributed by atoms with van der Waals surface area (Å²) in [4.78, 5) is 7.25. The van der Waals surface area contributed by atoms with E-state index in [-0.39, 0.29) is 0 Å². The van der Waals surface area contributed by atoms with Crippen LogP contribution in [-0.2, 0) is 0 Å². The number of anilines is 1. The number of aromatic amines is 2. The number of nitrogens with zero attached hydrogens (tertiary/aromatic N) is 2. The number of nitrogens with two attached hydrogens (primary N) is 1. The molecule has 0 fully saturated rings. The third kappa shape index (κ3) is 1.18. The molecule has 2 heterocycles. The zero-order valence-corrected chi connectivity index (χ0v) is 8.78. The SMILES string of the molecule is Cc1c(N)n[nH]c1-c1ccc2nc[nH]c2c1. The normalized spacial score (nSPS) is 11.1. The lowest BCUT2D eigenvalue weighted by Crippen LogP contribution is -1.86. The fourth-order valence-corrected chi connectivity index (χ4v) is 1.78. The predicted molar refractivity (Wildman–Crippen MR) is 62.8 cm³/mol. The summed E-state index contributed by atoms with van der Waals surface area (Å²) in [5.41, 5.74) is 10.6. The summed E-state index contributed by atoms with van der Waals surface area (Å²) in [6, 6.07) is 6.00. The molecular formula is C11H11N5. The van der Waals surface area contributed by atoms with Gasteiger partial charge in [0.15, 0.2) is 0 Å². The lowest BCUT2D eigenvalue weighted by Gasteiger charge is -1.99. The maximum atomic E-state index is 5.71. The third-order valence-electron chi connectivity index (χ3n) is 2.76. The van der Waals surface area contributed by atoms with E-state index in [1.807, 2.05) is 25.1 Å². The quantitative estimate of drug-likeness (QED) is 0.576. The Morgan fingerprint density at radius 2 is 2.19 bits per heavy atom. The summed E-state index contributed by atoms with van der Waals surface area (Å²) < 4.78 is 0. The van der Waals surface area contributed by atoms with Gasteiger partial charge in [0.05, 0.1) is 23.1 Å². The maximum Gasteiger partial charge on any atom is 0.148 e. The zero-order chi connectivity index (χ0) is 11.1. The Kier molecular flexibility index (Phi) is 1.73. The van der Waals surface area contributed by atoms with E-state index < -0.39 is 0 Å². The van der Waals surface area contributed by atoms with E-state index in [1.54, 1.807) is 6.33 Å². The van der Waals surface area contributed by atoms with Crippen LogP contribution >= 0.6 is 0 Å². The van der Waals surface area contributed by atoms with Crippen molar-refractivity contribution in [3.8, 4) is 11.3 Å². The van der Waals surface area contributed by atoms with Gasteiger partial charge in [0, 0.05) is 11.1 Å². The van der Waals surface area contributed by atoms with E-state index in [1.165, 1.54) is 0 Å². The van der Waals surface area contributed by atoms with Gasteiger partial charge in [-0.2, -0.15) is 5.10 Å². The Morgan fingerprint density at radius 1 is 1.31 bits per heavy atom. The minimum Gasteiger partial charge on any atom is -0.382 e. The Bertz CT molecular complexity index is 649. The number of hydrogen-bond acceptors (Lipinski definition) is 3. The van der Waals surface area contributed by atoms with Crippen molar-refractivity contribution in [1.29, 1.82) is 0 Å². The van der Waals surface area contributed by atoms with Gasteiger partial charge in [-0.05, 0) is 19.1 Å². The molecule has 0 atom stereocenters. The van der Waals surface area contributed by atoms with Crippen LogP contribution in [0.4, 0.5) is 5.82 Å². The summed E-state index contributed by atoms with van der Waals surface area (Å²) in [6.07, 6.45) is 1.68. The lowest BCUT2D eigenvalue weighted by molar-refractivity contribution is 1.10. The largest absolute Gasteiger partial charge is 0.382 e. The molecule has 0 amide bonds. The van der Waals surface area contributed by atoms with Crippen LogP contribution in [0.2, 0.25) is 0 Å². The van der Waals surface area contributed by atoms with Gasteiger partial charge in [-0.15, -0.1) is 0 Å². The van der Waals surface area contributed by atoms with Crippen LogP contribution in [0.3, 0.4) is 0 Å². The number of imidazole rings is 1. The maximum absolute atomic E-state index is 5.71. The highest BCUT2D eigenvalue weighted by Crippen LogP contribution is 2.26. The van der Waals surface area contributed by atoms with Gasteiger partial charge in [-0.1, -0.05) is 6.07 Å². The molecular weight excluding hydrogens is 202 g/mol. The first kappa shape index (κ1) is 8.96. The van der Waals surface area contributed by atoms with Crippen molar-refractivity contribution in [3.05, 3.63) is 30.1 Å². The molecule has 0 aliphatic rings. The van der Waals surface area contributed by atoms with Crippen molar-refractivity contribution < 1.29 is 0 Å². The molecule has 0 aliphatic carbocycles. The molecule has 0 radical (unpaired) electrons. The van der Waals surface area contributed by atoms with Crippen molar-refractivity contribution in [2.45, 2.75) is 6.92 Å². The van der Waals surface area contributed by atoms with Crippen molar-refractivity contribution in [3.63, 3.8) is 0 Å². The topological polar surface area (TPSA) is 83.4 Å². The number of benzene rings is 1. The van der Waals surface area contributed by atoms with E-state index in [4.69, 9.17) is 5.73 Å². The van der Waals surface area contributed by atoms with Crippen LogP contribution in [0.15, 0.2) is 24.5 Å². The Morgan fingerprint density at radius 3 is 2.94 bits per heavy atom. The van der Waals surface area contributed by atoms with E-state index in [9.17, 15) is 0 Å². The monoisotopic (exact) mass is 213 g/mol. The van der Waals surface area contributed by atoms with Gasteiger partial charge < -0.3 is 10.7 Å². The van der Waals surface area contributed by atoms with Crippen LogP contribution in [0.1, 0.15) is 5.56 Å². The fraction of sp³-hybridized carbons (Fsp3) is 0.0909. The number of rotatable bonds is 1. The van der Waals surface area contributed by atoms with Gasteiger partial charge in [0.2, 0.25) is 0 Å². The van der Waals surface area contributed by atoms with E-state index >= 15 is 0 Å². The van der Waals surface area contributed by atoms with E-state index in [0.717, 1.165) is 27.9 Å². The molecule has 80 valence electrons. The molecule has 3 aromatic rings. The van der Waals surface area contributed by atoms with Crippen molar-refractivity contribution in [2.24, 2.45) is 0 Å². The molecule has 2 aromatic heterocycles. The fourth-order valence-electron chi connectivity index (χ4n) is 1.78. The lowest BCUT2D eigenvalue weighted by atomic mass is 10.1. The number of H-pyrrole nitrogens is 2. The molecule has 0 spiro atoms. The van der Waals surface area contributed by atoms with E-state index in [2.05, 4.69) is 20.2 Å². The van der Waals surface area contributed by atoms with Crippen LogP contribution < -0.4 is 5.73 Å². The number of nitrogens with one attached hydrogen (secondary N) is 2. The Labute approximate surface area is 91.7 Å². The molecule has 16 heavy (non-hydrogen) atoms. The molecule has 0 unspecified atom stereocenters. The van der Waals surface area contributed by atoms with Crippen LogP contribution in [0, 0.1) is 6.92 Å². The third-order valence-corrected chi connectivity index (χ3v) is 2.76. The molecule has 4 N–H and O–H groups in total. The highest BCUT2D eigenvalue weighted by molar-refractivity contribution is 5.82. The zero-order valence-electron chi connectivity index (χ0n) is 8.78. The second-order valence-electron chi connectivity index (χ2n) is 3.74. The number of aromatic nitrogens is 4. The van der Waals surface area contributed by atoms with E-state index in [0.29, 0.717) is 5.82 Å². The summed E-state index contributed by atoms with van der Waals surface area (Å²) in [5.74, 6) is 0.541. The predicted octanol–water partition coefficient (Wildman–Crippen LogP) is 1.84. The molecule has 1 aromatic carbocycles. The first-order valence-electron chi connectivity index (χ1n) is 4.99. The average Bonchev–Trinajstić information content (AvgIpc) is 2.86. The number of fused-ring (bicyclic) bond motifs is 1. The molecule has 0 bridgehead atoms. The molecule has 3 rings (SSSR count). The van der Waals surface area contributed by atoms with Gasteiger partial charge in [-0.3, -0.25) is 5.10 Å². The highest BCUT2D eigenvalue weighted by Gasteiger charge is 2.08. The average molecular weight is 213 g/mol. The molecule has 5 heteroatoms. The Balaban J connectivity index is 2.21. The van der Waals surface area contributed by atoms with Crippen LogP contribution in [0.25, 0.3) is 22.3 Å². The molecule has 5 nitrogen and oxygen atoms in total. The molecule has 0 saturated carbocycles. The summed E-state index contributed by atoms with van der Waals surface area (Å²) in [6.45, 7) is 1.95. The van der Waals surface area contributed by atoms with Gasteiger partial charge in [-0.25, -0.2) is 4.98 Å². The second kappa shape index (κ2) is 3.10. The first-order valence-corrected chi connectivity index (χ1v) is 4.99. The molecule has 0 saturated heterocycles. The van der Waals surface area contributed by atoms with Crippen molar-refractivity contribution in [1.82, 2.24) is 20.2 Å². The van der Waals surface area contributed by atoms with Crippen molar-refractivity contribution in [2.75, 3.05) is 5.73 Å². The summed E-state index contributed by atoms with van der Waals surface area (Å²) in [7, 11) is 0.